The van der Waals surface area contributed by atoms with Gasteiger partial charge in [-0.15, -0.1) is 0 Å². The van der Waals surface area contributed by atoms with Gasteiger partial charge in [0.15, 0.2) is 0 Å². The number of amides is 1. The lowest BCUT2D eigenvalue weighted by Gasteiger charge is -2.34. The normalized spacial score (nSPS) is 15.0. The number of aryl methyl sites for hydroxylation is 1. The molecule has 172 valence electrons. The molecule has 0 radical (unpaired) electrons. The van der Waals surface area contributed by atoms with Gasteiger partial charge in [-0.05, 0) is 18.6 Å². The van der Waals surface area contributed by atoms with Crippen LogP contribution in [-0.4, -0.2) is 64.5 Å². The van der Waals surface area contributed by atoms with Crippen LogP contribution in [0.15, 0.2) is 47.5 Å². The van der Waals surface area contributed by atoms with E-state index in [1.165, 1.54) is 45.7 Å². The van der Waals surface area contributed by atoms with Crippen LogP contribution in [0, 0.1) is 27.2 Å². The Labute approximate surface area is 187 Å². The smallest absolute Gasteiger partial charge is 0.270 e. The molecule has 1 aromatic heterocycles. The largest absolute Gasteiger partial charge is 0.360 e. The average Bonchev–Trinajstić information content (AvgIpc) is 3.22. The summed E-state index contributed by atoms with van der Waals surface area (Å²) in [7, 11) is -3.99. The number of nitrogens with one attached hydrogen (secondary N) is 1. The number of rotatable bonds is 5. The number of carbonyl (C=O) groups is 1. The van der Waals surface area contributed by atoms with Crippen LogP contribution in [0.25, 0.3) is 10.9 Å². The van der Waals surface area contributed by atoms with E-state index in [1.54, 1.807) is 6.92 Å². The molecule has 13 heteroatoms. The molecule has 1 amide bonds. The molecule has 4 rings (SSSR count). The van der Waals surface area contributed by atoms with Crippen LogP contribution in [0.5, 0.6) is 0 Å². The lowest BCUT2D eigenvalue weighted by molar-refractivity contribution is -0.385. The van der Waals surface area contributed by atoms with Crippen molar-refractivity contribution in [2.45, 2.75) is 11.8 Å². The van der Waals surface area contributed by atoms with E-state index >= 15 is 0 Å². The second-order valence-corrected chi connectivity index (χ2v) is 9.50. The molecule has 1 saturated heterocycles. The highest BCUT2D eigenvalue weighted by Gasteiger charge is 2.33. The van der Waals surface area contributed by atoms with E-state index in [9.17, 15) is 33.4 Å². The van der Waals surface area contributed by atoms with Crippen molar-refractivity contribution in [3.8, 4) is 0 Å². The Morgan fingerprint density at radius 2 is 1.58 bits per heavy atom. The summed E-state index contributed by atoms with van der Waals surface area (Å²) in [5.41, 5.74) is 0.770. The van der Waals surface area contributed by atoms with Crippen LogP contribution in [-0.2, 0) is 10.0 Å². The third kappa shape index (κ3) is 4.03. The van der Waals surface area contributed by atoms with Crippen molar-refractivity contribution in [3.63, 3.8) is 0 Å². The van der Waals surface area contributed by atoms with E-state index in [4.69, 9.17) is 0 Å². The zero-order valence-electron chi connectivity index (χ0n) is 17.4. The van der Waals surface area contributed by atoms with Gasteiger partial charge in [0.05, 0.1) is 20.3 Å². The van der Waals surface area contributed by atoms with Gasteiger partial charge in [-0.1, -0.05) is 6.07 Å². The summed E-state index contributed by atoms with van der Waals surface area (Å²) in [5, 5.41) is 22.6. The lowest BCUT2D eigenvalue weighted by Crippen LogP contribution is -2.50. The van der Waals surface area contributed by atoms with Gasteiger partial charge in [-0.25, -0.2) is 8.42 Å². The molecule has 12 nitrogen and oxygen atoms in total. The molecule has 0 spiro atoms. The number of aromatic nitrogens is 1. The SMILES string of the molecule is Cc1ccc([N+](=O)[O-])cc1S(=O)(=O)N1CCN(C(=O)c2c[nH]c3ccc([N+](=O)[O-])cc23)CC1. The number of non-ortho nitro benzene ring substituents is 2. The van der Waals surface area contributed by atoms with Crippen molar-refractivity contribution in [2.24, 2.45) is 0 Å². The number of hydrogen-bond acceptors (Lipinski definition) is 7. The Morgan fingerprint density at radius 3 is 2.21 bits per heavy atom. The van der Waals surface area contributed by atoms with Crippen molar-refractivity contribution in [3.05, 3.63) is 74.0 Å². The number of piperazine rings is 1. The number of carbonyl (C=O) groups excluding carboxylic acids is 1. The minimum Gasteiger partial charge on any atom is -0.360 e. The van der Waals surface area contributed by atoms with E-state index in [-0.39, 0.29) is 53.9 Å². The van der Waals surface area contributed by atoms with Gasteiger partial charge >= 0.3 is 0 Å². The summed E-state index contributed by atoms with van der Waals surface area (Å²) in [6.45, 7) is 1.80. The molecule has 3 aromatic rings. The molecule has 1 fully saturated rings. The maximum absolute atomic E-state index is 13.1. The van der Waals surface area contributed by atoms with E-state index in [1.807, 2.05) is 0 Å². The predicted molar refractivity (Wildman–Crippen MR) is 117 cm³/mol. The first kappa shape index (κ1) is 22.4. The first-order chi connectivity index (χ1) is 15.6. The fourth-order valence-corrected chi connectivity index (χ4v) is 5.49. The lowest BCUT2D eigenvalue weighted by atomic mass is 10.1. The molecule has 2 aromatic carbocycles. The zero-order chi connectivity index (χ0) is 23.9. The molecule has 33 heavy (non-hydrogen) atoms. The second kappa shape index (κ2) is 8.26. The van der Waals surface area contributed by atoms with Crippen LogP contribution in [0.2, 0.25) is 0 Å². The first-order valence-corrected chi connectivity index (χ1v) is 11.3. The fraction of sp³-hybridized carbons (Fsp3) is 0.250. The minimum absolute atomic E-state index is 0.0126. The number of fused-ring (bicyclic) bond motifs is 1. The van der Waals surface area contributed by atoms with Gasteiger partial charge in [-0.2, -0.15) is 4.31 Å². The minimum atomic E-state index is -3.99. The number of nitrogens with zero attached hydrogens (tertiary/aromatic N) is 4. The van der Waals surface area contributed by atoms with Gasteiger partial charge in [-0.3, -0.25) is 25.0 Å². The Morgan fingerprint density at radius 1 is 0.970 bits per heavy atom. The monoisotopic (exact) mass is 473 g/mol. The van der Waals surface area contributed by atoms with Crippen molar-refractivity contribution < 1.29 is 23.1 Å². The van der Waals surface area contributed by atoms with Gasteiger partial charge < -0.3 is 9.88 Å². The fourth-order valence-electron chi connectivity index (χ4n) is 3.82. The topological polar surface area (TPSA) is 160 Å². The molecule has 1 N–H and O–H groups in total. The van der Waals surface area contributed by atoms with E-state index in [0.29, 0.717) is 16.5 Å². The summed E-state index contributed by atoms with van der Waals surface area (Å²) in [5.74, 6) is -0.370. The van der Waals surface area contributed by atoms with Crippen LogP contribution in [0.4, 0.5) is 11.4 Å². The van der Waals surface area contributed by atoms with E-state index < -0.39 is 19.9 Å². The molecule has 0 saturated carbocycles. The van der Waals surface area contributed by atoms with Gasteiger partial charge in [0.2, 0.25) is 10.0 Å². The van der Waals surface area contributed by atoms with E-state index in [0.717, 1.165) is 6.07 Å². The zero-order valence-corrected chi connectivity index (χ0v) is 18.2. The Kier molecular flexibility index (Phi) is 5.59. The number of nitro benzene ring substituents is 2. The predicted octanol–water partition coefficient (Wildman–Crippen LogP) is 2.44. The van der Waals surface area contributed by atoms with Crippen molar-refractivity contribution in [1.82, 2.24) is 14.2 Å². The number of benzene rings is 2. The molecule has 0 unspecified atom stereocenters. The summed E-state index contributed by atoms with van der Waals surface area (Å²) in [4.78, 5) is 38.3. The number of sulfonamides is 1. The van der Waals surface area contributed by atoms with Crippen LogP contribution in [0.1, 0.15) is 15.9 Å². The first-order valence-electron chi connectivity index (χ1n) is 9.89. The summed E-state index contributed by atoms with van der Waals surface area (Å²) < 4.78 is 27.4. The molecule has 0 atom stereocenters. The molecular weight excluding hydrogens is 454 g/mol. The van der Waals surface area contributed by atoms with Crippen molar-refractivity contribution >= 4 is 38.2 Å². The highest BCUT2D eigenvalue weighted by molar-refractivity contribution is 7.89. The molecule has 0 bridgehead atoms. The standard InChI is InChI=1S/C20H19N5O7S/c1-13-2-3-15(25(29)30)11-19(13)33(31,32)23-8-6-22(7-9-23)20(26)17-12-21-18-5-4-14(24(27)28)10-16(17)18/h2-5,10-12,21H,6-9H2,1H3. The Balaban J connectivity index is 1.54. The summed E-state index contributed by atoms with van der Waals surface area (Å²) in [6.07, 6.45) is 1.48. The molecule has 0 aliphatic carbocycles. The molecular formula is C20H19N5O7S. The number of nitro groups is 2. The van der Waals surface area contributed by atoms with Gasteiger partial charge in [0, 0.05) is 67.5 Å². The van der Waals surface area contributed by atoms with Crippen LogP contribution >= 0.6 is 0 Å². The van der Waals surface area contributed by atoms with E-state index in [2.05, 4.69) is 4.98 Å². The Bertz CT molecular complexity index is 1390. The third-order valence-electron chi connectivity index (χ3n) is 5.63. The highest BCUT2D eigenvalue weighted by atomic mass is 32.2. The Hall–Kier alpha value is -3.84. The number of hydrogen-bond donors (Lipinski definition) is 1. The summed E-state index contributed by atoms with van der Waals surface area (Å²) in [6, 6.07) is 7.87. The van der Waals surface area contributed by atoms with Crippen LogP contribution < -0.4 is 0 Å². The average molecular weight is 473 g/mol. The maximum Gasteiger partial charge on any atom is 0.270 e. The van der Waals surface area contributed by atoms with Gasteiger partial charge in [0.1, 0.15) is 0 Å². The van der Waals surface area contributed by atoms with Crippen molar-refractivity contribution in [1.29, 1.82) is 0 Å². The second-order valence-electron chi connectivity index (χ2n) is 7.59. The van der Waals surface area contributed by atoms with Crippen LogP contribution in [0.3, 0.4) is 0 Å². The third-order valence-corrected chi connectivity index (χ3v) is 7.67. The summed E-state index contributed by atoms with van der Waals surface area (Å²) >= 11 is 0. The quantitative estimate of drug-likeness (QED) is 0.440. The molecule has 1 aliphatic heterocycles. The number of H-pyrrole nitrogens is 1. The highest BCUT2D eigenvalue weighted by Crippen LogP contribution is 2.27. The molecule has 1 aliphatic rings. The van der Waals surface area contributed by atoms with Crippen molar-refractivity contribution in [2.75, 3.05) is 26.2 Å². The number of aromatic amines is 1. The maximum atomic E-state index is 13.1. The molecule has 2 heterocycles. The van der Waals surface area contributed by atoms with Gasteiger partial charge in [0.25, 0.3) is 17.3 Å².